The van der Waals surface area contributed by atoms with Crippen molar-refractivity contribution >= 4 is 18.3 Å². The largest absolute Gasteiger partial charge is 0.335 e. The van der Waals surface area contributed by atoms with Gasteiger partial charge in [0, 0.05) is 18.6 Å². The molecule has 0 radical (unpaired) electrons. The highest BCUT2D eigenvalue weighted by atomic mass is 35.5. The molecule has 0 aromatic heterocycles. The maximum Gasteiger partial charge on any atom is 0.233 e. The molecule has 4 heteroatoms. The van der Waals surface area contributed by atoms with Crippen molar-refractivity contribution in [2.75, 3.05) is 13.1 Å². The predicted octanol–water partition coefficient (Wildman–Crippen LogP) is 3.05. The van der Waals surface area contributed by atoms with E-state index in [-0.39, 0.29) is 12.4 Å². The minimum Gasteiger partial charge on any atom is -0.335 e. The molecule has 1 amide bonds. The molecule has 2 bridgehead atoms. The van der Waals surface area contributed by atoms with Gasteiger partial charge in [-0.1, -0.05) is 24.3 Å². The van der Waals surface area contributed by atoms with E-state index in [0.29, 0.717) is 18.0 Å². The van der Waals surface area contributed by atoms with Crippen LogP contribution in [0.5, 0.6) is 0 Å². The van der Waals surface area contributed by atoms with Crippen molar-refractivity contribution in [1.82, 2.24) is 10.2 Å². The molecule has 3 rings (SSSR count). The maximum atomic E-state index is 13.3. The number of benzene rings is 1. The molecule has 2 saturated heterocycles. The molecule has 22 heavy (non-hydrogen) atoms. The van der Waals surface area contributed by atoms with Gasteiger partial charge >= 0.3 is 0 Å². The molecule has 0 spiro atoms. The van der Waals surface area contributed by atoms with Crippen LogP contribution in [0.4, 0.5) is 0 Å². The molecule has 2 heterocycles. The molecule has 3 nitrogen and oxygen atoms in total. The second-order valence-electron chi connectivity index (χ2n) is 7.03. The first-order valence-corrected chi connectivity index (χ1v) is 8.11. The number of halogens is 1. The third-order valence-electron chi connectivity index (χ3n) is 5.24. The number of hydrogen-bond donors (Lipinski definition) is 1. The topological polar surface area (TPSA) is 32.3 Å². The van der Waals surface area contributed by atoms with Gasteiger partial charge in [0.25, 0.3) is 0 Å². The molecule has 2 unspecified atom stereocenters. The molecule has 1 aromatic carbocycles. The average Bonchev–Trinajstić information content (AvgIpc) is 2.71. The number of hydrogen-bond acceptors (Lipinski definition) is 2. The van der Waals surface area contributed by atoms with Crippen LogP contribution >= 0.6 is 12.4 Å². The summed E-state index contributed by atoms with van der Waals surface area (Å²) in [4.78, 5) is 15.5. The van der Waals surface area contributed by atoms with E-state index in [1.807, 2.05) is 12.1 Å². The van der Waals surface area contributed by atoms with Crippen molar-refractivity contribution in [3.63, 3.8) is 0 Å². The minimum absolute atomic E-state index is 0. The van der Waals surface area contributed by atoms with Crippen molar-refractivity contribution in [3.05, 3.63) is 35.4 Å². The Morgan fingerprint density at radius 1 is 1.18 bits per heavy atom. The molecular weight excluding hydrogens is 296 g/mol. The first kappa shape index (κ1) is 17.3. The monoisotopic (exact) mass is 322 g/mol. The summed E-state index contributed by atoms with van der Waals surface area (Å²) in [7, 11) is 0. The molecule has 0 saturated carbocycles. The molecular formula is C18H27ClN2O. The summed E-state index contributed by atoms with van der Waals surface area (Å²) in [6.07, 6.45) is 3.40. The zero-order valence-electron chi connectivity index (χ0n) is 13.8. The number of fused-ring (bicyclic) bond motifs is 2. The van der Waals surface area contributed by atoms with Crippen LogP contribution in [0.25, 0.3) is 0 Å². The second-order valence-corrected chi connectivity index (χ2v) is 7.03. The van der Waals surface area contributed by atoms with Gasteiger partial charge < -0.3 is 10.2 Å². The highest BCUT2D eigenvalue weighted by Gasteiger charge is 2.44. The zero-order valence-corrected chi connectivity index (χ0v) is 14.6. The maximum absolute atomic E-state index is 13.3. The highest BCUT2D eigenvalue weighted by Crippen LogP contribution is 2.35. The number of rotatable bonds is 2. The van der Waals surface area contributed by atoms with Gasteiger partial charge in [0.05, 0.1) is 5.41 Å². The van der Waals surface area contributed by atoms with Gasteiger partial charge in [-0.3, -0.25) is 4.79 Å². The van der Waals surface area contributed by atoms with Crippen LogP contribution < -0.4 is 5.32 Å². The predicted molar refractivity (Wildman–Crippen MR) is 92.6 cm³/mol. The van der Waals surface area contributed by atoms with E-state index in [2.05, 4.69) is 43.1 Å². The van der Waals surface area contributed by atoms with Crippen LogP contribution in [0, 0.1) is 6.92 Å². The lowest BCUT2D eigenvalue weighted by molar-refractivity contribution is -0.139. The van der Waals surface area contributed by atoms with Gasteiger partial charge in [-0.05, 0) is 57.7 Å². The van der Waals surface area contributed by atoms with E-state index in [4.69, 9.17) is 0 Å². The number of nitrogens with one attached hydrogen (secondary N) is 1. The number of carbonyl (C=O) groups excluding carboxylic acids is 1. The molecule has 1 aromatic rings. The third-order valence-corrected chi connectivity index (χ3v) is 5.24. The normalized spacial score (nSPS) is 24.6. The summed E-state index contributed by atoms with van der Waals surface area (Å²) >= 11 is 0. The van der Waals surface area contributed by atoms with Gasteiger partial charge in [0.1, 0.15) is 0 Å². The highest BCUT2D eigenvalue weighted by molar-refractivity contribution is 5.88. The van der Waals surface area contributed by atoms with Crippen molar-refractivity contribution in [1.29, 1.82) is 0 Å². The van der Waals surface area contributed by atoms with Crippen LogP contribution in [0.15, 0.2) is 24.3 Å². The zero-order chi connectivity index (χ0) is 15.0. The Morgan fingerprint density at radius 2 is 1.86 bits per heavy atom. The lowest BCUT2D eigenvalue weighted by Gasteiger charge is -2.36. The second kappa shape index (κ2) is 6.59. The fourth-order valence-corrected chi connectivity index (χ4v) is 4.03. The average molecular weight is 323 g/mol. The lowest BCUT2D eigenvalue weighted by atomic mass is 9.80. The van der Waals surface area contributed by atoms with Crippen LogP contribution in [-0.4, -0.2) is 36.0 Å². The Labute approximate surface area is 139 Å². The summed E-state index contributed by atoms with van der Waals surface area (Å²) < 4.78 is 0. The Balaban J connectivity index is 0.00000176. The van der Waals surface area contributed by atoms with Crippen molar-refractivity contribution in [2.45, 2.75) is 57.5 Å². The van der Waals surface area contributed by atoms with Gasteiger partial charge in [0.2, 0.25) is 5.91 Å². The van der Waals surface area contributed by atoms with E-state index in [9.17, 15) is 4.79 Å². The van der Waals surface area contributed by atoms with E-state index in [1.54, 1.807) is 0 Å². The van der Waals surface area contributed by atoms with Crippen LogP contribution in [0.3, 0.4) is 0 Å². The number of nitrogens with zero attached hydrogens (tertiary/aromatic N) is 1. The molecule has 122 valence electrons. The van der Waals surface area contributed by atoms with E-state index < -0.39 is 5.41 Å². The smallest absolute Gasteiger partial charge is 0.233 e. The molecule has 1 N–H and O–H groups in total. The summed E-state index contributed by atoms with van der Waals surface area (Å²) in [5, 5.41) is 3.47. The first-order valence-electron chi connectivity index (χ1n) is 8.11. The minimum atomic E-state index is -0.448. The summed E-state index contributed by atoms with van der Waals surface area (Å²) in [5.41, 5.74) is 1.92. The number of carbonyl (C=O) groups is 1. The van der Waals surface area contributed by atoms with Crippen LogP contribution in [-0.2, 0) is 10.2 Å². The van der Waals surface area contributed by atoms with Gasteiger partial charge in [0.15, 0.2) is 0 Å². The van der Waals surface area contributed by atoms with Gasteiger partial charge in [-0.25, -0.2) is 0 Å². The molecule has 2 fully saturated rings. The van der Waals surface area contributed by atoms with E-state index >= 15 is 0 Å². The van der Waals surface area contributed by atoms with Gasteiger partial charge in [-0.15, -0.1) is 12.4 Å². The first-order chi connectivity index (χ1) is 10.0. The lowest BCUT2D eigenvalue weighted by Crippen LogP contribution is -2.50. The Bertz CT molecular complexity index is 530. The molecule has 2 atom stereocenters. The summed E-state index contributed by atoms with van der Waals surface area (Å²) in [6, 6.07) is 9.09. The van der Waals surface area contributed by atoms with Crippen molar-refractivity contribution < 1.29 is 4.79 Å². The van der Waals surface area contributed by atoms with Crippen LogP contribution in [0.2, 0.25) is 0 Å². The Morgan fingerprint density at radius 3 is 2.59 bits per heavy atom. The Kier molecular flexibility index (Phi) is 5.18. The standard InChI is InChI=1S/C18H26N2O.ClH/c1-13-6-4-5-7-16(13)18(2,3)17(21)20-14-8-9-15(20)12-19-11-10-14;/h4-7,14-15,19H,8-12H2,1-3H3;1H. The fourth-order valence-electron chi connectivity index (χ4n) is 4.03. The quantitative estimate of drug-likeness (QED) is 0.907. The van der Waals surface area contributed by atoms with Crippen LogP contribution in [0.1, 0.15) is 44.2 Å². The summed E-state index contributed by atoms with van der Waals surface area (Å²) in [6.45, 7) is 8.25. The van der Waals surface area contributed by atoms with Crippen molar-refractivity contribution in [2.24, 2.45) is 0 Å². The third kappa shape index (κ3) is 2.89. The number of aryl methyl sites for hydroxylation is 1. The molecule has 2 aliphatic rings. The molecule has 2 aliphatic heterocycles. The van der Waals surface area contributed by atoms with Gasteiger partial charge in [-0.2, -0.15) is 0 Å². The van der Waals surface area contributed by atoms with E-state index in [0.717, 1.165) is 31.5 Å². The van der Waals surface area contributed by atoms with Crippen molar-refractivity contribution in [3.8, 4) is 0 Å². The SMILES string of the molecule is Cc1ccccc1C(C)(C)C(=O)N1C2CCNCC1CC2.Cl. The Hall–Kier alpha value is -1.06. The number of amides is 1. The molecule has 0 aliphatic carbocycles. The summed E-state index contributed by atoms with van der Waals surface area (Å²) in [5.74, 6) is 0.299. The fraction of sp³-hybridized carbons (Fsp3) is 0.611. The van der Waals surface area contributed by atoms with E-state index in [1.165, 1.54) is 12.0 Å².